The van der Waals surface area contributed by atoms with E-state index in [2.05, 4.69) is 0 Å². The number of halogens is 2. The molecular formula is C17H20Cl2N2O5S. The summed E-state index contributed by atoms with van der Waals surface area (Å²) < 4.78 is 32.9. The molecule has 2 heterocycles. The SMILES string of the molecule is COCCN1C(=O)C2CCC[C@@H]([C@H]1C=O)N2S(=O)(=O)c1cc(Cl)cc(Cl)c1. The molecule has 0 aromatic heterocycles. The Morgan fingerprint density at radius 3 is 2.48 bits per heavy atom. The summed E-state index contributed by atoms with van der Waals surface area (Å²) >= 11 is 11.9. The molecule has 0 radical (unpaired) electrons. The number of sulfonamides is 1. The Kier molecular flexibility index (Phi) is 6.12. The van der Waals surface area contributed by atoms with Gasteiger partial charge >= 0.3 is 0 Å². The fraction of sp³-hybridized carbons (Fsp3) is 0.529. The minimum atomic E-state index is -4.06. The number of piperidine rings is 1. The molecule has 2 saturated heterocycles. The molecule has 1 aromatic carbocycles. The van der Waals surface area contributed by atoms with E-state index in [1.807, 2.05) is 0 Å². The number of nitrogens with zero attached hydrogens (tertiary/aromatic N) is 2. The summed E-state index contributed by atoms with van der Waals surface area (Å²) in [4.78, 5) is 26.1. The first-order valence-electron chi connectivity index (χ1n) is 8.55. The van der Waals surface area contributed by atoms with Gasteiger partial charge in [0.1, 0.15) is 18.4 Å². The van der Waals surface area contributed by atoms with Gasteiger partial charge in [-0.05, 0) is 37.5 Å². The third-order valence-corrected chi connectivity index (χ3v) is 7.37. The van der Waals surface area contributed by atoms with Gasteiger partial charge in [-0.1, -0.05) is 23.2 Å². The molecule has 1 amide bonds. The second-order valence-corrected chi connectivity index (χ2v) is 9.32. The molecule has 0 aliphatic carbocycles. The molecule has 0 spiro atoms. The Morgan fingerprint density at radius 1 is 1.22 bits per heavy atom. The van der Waals surface area contributed by atoms with Gasteiger partial charge in [-0.15, -0.1) is 0 Å². The lowest BCUT2D eigenvalue weighted by Gasteiger charge is -2.51. The first-order chi connectivity index (χ1) is 12.8. The zero-order valence-corrected chi connectivity index (χ0v) is 17.0. The molecule has 3 atom stereocenters. The summed E-state index contributed by atoms with van der Waals surface area (Å²) in [5.74, 6) is -0.378. The van der Waals surface area contributed by atoms with Crippen molar-refractivity contribution in [2.45, 2.75) is 42.3 Å². The first kappa shape index (κ1) is 20.5. The van der Waals surface area contributed by atoms with Crippen molar-refractivity contribution in [3.8, 4) is 0 Å². The number of rotatable bonds is 6. The highest BCUT2D eigenvalue weighted by molar-refractivity contribution is 7.89. The highest BCUT2D eigenvalue weighted by Gasteiger charge is 2.53. The zero-order chi connectivity index (χ0) is 19.8. The van der Waals surface area contributed by atoms with Crippen LogP contribution < -0.4 is 0 Å². The lowest BCUT2D eigenvalue weighted by Crippen LogP contribution is -2.70. The van der Waals surface area contributed by atoms with Gasteiger partial charge in [0.2, 0.25) is 15.9 Å². The maximum atomic E-state index is 13.3. The molecule has 2 fully saturated rings. The van der Waals surface area contributed by atoms with Crippen molar-refractivity contribution in [1.82, 2.24) is 9.21 Å². The number of ether oxygens (including phenoxy) is 1. The summed E-state index contributed by atoms with van der Waals surface area (Å²) in [7, 11) is -2.55. The number of aldehydes is 1. The number of methoxy groups -OCH3 is 1. The molecule has 0 N–H and O–H groups in total. The molecule has 1 unspecified atom stereocenters. The molecule has 148 valence electrons. The van der Waals surface area contributed by atoms with E-state index in [9.17, 15) is 18.0 Å². The molecule has 0 saturated carbocycles. The third-order valence-electron chi connectivity index (χ3n) is 5.02. The Morgan fingerprint density at radius 2 is 1.89 bits per heavy atom. The van der Waals surface area contributed by atoms with Crippen molar-refractivity contribution >= 4 is 45.4 Å². The van der Waals surface area contributed by atoms with Crippen LogP contribution in [-0.4, -0.2) is 68.2 Å². The maximum Gasteiger partial charge on any atom is 0.244 e. The summed E-state index contributed by atoms with van der Waals surface area (Å²) in [6.45, 7) is 0.509. The van der Waals surface area contributed by atoms with E-state index >= 15 is 0 Å². The second-order valence-electron chi connectivity index (χ2n) is 6.61. The van der Waals surface area contributed by atoms with E-state index in [4.69, 9.17) is 27.9 Å². The lowest BCUT2D eigenvalue weighted by molar-refractivity contribution is -0.152. The summed E-state index contributed by atoms with van der Waals surface area (Å²) in [5.41, 5.74) is 0. The molecule has 2 bridgehead atoms. The maximum absolute atomic E-state index is 13.3. The van der Waals surface area contributed by atoms with Gasteiger partial charge in [0.25, 0.3) is 0 Å². The van der Waals surface area contributed by atoms with E-state index in [0.717, 1.165) is 0 Å². The van der Waals surface area contributed by atoms with Crippen LogP contribution in [0.25, 0.3) is 0 Å². The molecule has 2 aliphatic heterocycles. The Balaban J connectivity index is 2.05. The smallest absolute Gasteiger partial charge is 0.244 e. The van der Waals surface area contributed by atoms with Crippen molar-refractivity contribution in [3.63, 3.8) is 0 Å². The number of amides is 1. The minimum Gasteiger partial charge on any atom is -0.383 e. The van der Waals surface area contributed by atoms with Gasteiger partial charge in [0.05, 0.1) is 17.5 Å². The standard InChI is InChI=1S/C17H20Cl2N2O5S/c1-26-6-5-20-16(10-22)14-3-2-4-15(17(20)23)21(14)27(24,25)13-8-11(18)7-12(19)9-13/h7-10,14-16H,2-6H2,1H3/t14-,15?,16+/m0/s1. The van der Waals surface area contributed by atoms with E-state index in [-0.39, 0.29) is 34.0 Å². The minimum absolute atomic E-state index is 0.0836. The number of hydrogen-bond acceptors (Lipinski definition) is 5. The molecule has 7 nitrogen and oxygen atoms in total. The molecule has 2 aliphatic rings. The van der Waals surface area contributed by atoms with Gasteiger partial charge in [-0.2, -0.15) is 4.31 Å². The highest BCUT2D eigenvalue weighted by Crippen LogP contribution is 2.38. The number of carbonyl (C=O) groups excluding carboxylic acids is 2. The highest BCUT2D eigenvalue weighted by atomic mass is 35.5. The van der Waals surface area contributed by atoms with Gasteiger partial charge < -0.3 is 14.4 Å². The van der Waals surface area contributed by atoms with Crippen molar-refractivity contribution in [2.75, 3.05) is 20.3 Å². The van der Waals surface area contributed by atoms with Crippen LogP contribution in [0.2, 0.25) is 10.0 Å². The Bertz CT molecular complexity index is 827. The van der Waals surface area contributed by atoms with Gasteiger partial charge in [0.15, 0.2) is 0 Å². The summed E-state index contributed by atoms with van der Waals surface area (Å²) in [6, 6.07) is 1.71. The molecule has 1 aromatic rings. The van der Waals surface area contributed by atoms with E-state index < -0.39 is 28.1 Å². The van der Waals surface area contributed by atoms with Crippen molar-refractivity contribution < 1.29 is 22.7 Å². The van der Waals surface area contributed by atoms with Crippen LogP contribution in [0.1, 0.15) is 19.3 Å². The van der Waals surface area contributed by atoms with Crippen LogP contribution in [0.15, 0.2) is 23.1 Å². The van der Waals surface area contributed by atoms with E-state index in [0.29, 0.717) is 25.5 Å². The zero-order valence-electron chi connectivity index (χ0n) is 14.7. The van der Waals surface area contributed by atoms with Crippen molar-refractivity contribution in [1.29, 1.82) is 0 Å². The number of piperazine rings is 1. The second kappa shape index (κ2) is 8.05. The number of likely N-dealkylation sites (tertiary alicyclic amines) is 1. The summed E-state index contributed by atoms with van der Waals surface area (Å²) in [5, 5.41) is 0.367. The molecule has 27 heavy (non-hydrogen) atoms. The van der Waals surface area contributed by atoms with Gasteiger partial charge in [-0.25, -0.2) is 8.42 Å². The predicted molar refractivity (Wildman–Crippen MR) is 100 cm³/mol. The van der Waals surface area contributed by atoms with Gasteiger partial charge in [0, 0.05) is 23.7 Å². The number of hydrogen-bond donors (Lipinski definition) is 0. The van der Waals surface area contributed by atoms with Crippen LogP contribution in [0.4, 0.5) is 0 Å². The van der Waals surface area contributed by atoms with Gasteiger partial charge in [-0.3, -0.25) is 4.79 Å². The monoisotopic (exact) mass is 434 g/mol. The lowest BCUT2D eigenvalue weighted by atomic mass is 9.88. The average Bonchev–Trinajstić information content (AvgIpc) is 2.62. The van der Waals surface area contributed by atoms with Crippen LogP contribution in [0.3, 0.4) is 0 Å². The molecule has 10 heteroatoms. The van der Waals surface area contributed by atoms with E-state index in [1.54, 1.807) is 0 Å². The van der Waals surface area contributed by atoms with E-state index in [1.165, 1.54) is 34.5 Å². The van der Waals surface area contributed by atoms with Crippen LogP contribution in [0.5, 0.6) is 0 Å². The quantitative estimate of drug-likeness (QED) is 0.638. The fourth-order valence-corrected chi connectivity index (χ4v) is 6.43. The number of benzene rings is 1. The van der Waals surface area contributed by atoms with Crippen LogP contribution >= 0.6 is 23.2 Å². The Labute approximate surface area is 168 Å². The summed E-state index contributed by atoms with van der Waals surface area (Å²) in [6.07, 6.45) is 2.21. The van der Waals surface area contributed by atoms with Crippen molar-refractivity contribution in [3.05, 3.63) is 28.2 Å². The Hall–Kier alpha value is -1.19. The normalized spacial score (nSPS) is 26.3. The van der Waals surface area contributed by atoms with Crippen LogP contribution in [-0.2, 0) is 24.3 Å². The van der Waals surface area contributed by atoms with Crippen molar-refractivity contribution in [2.24, 2.45) is 0 Å². The molecule has 3 rings (SSSR count). The number of carbonyl (C=O) groups is 2. The molecular weight excluding hydrogens is 415 g/mol. The fourth-order valence-electron chi connectivity index (χ4n) is 3.86. The number of fused-ring (bicyclic) bond motifs is 2. The largest absolute Gasteiger partial charge is 0.383 e. The average molecular weight is 435 g/mol. The first-order valence-corrected chi connectivity index (χ1v) is 10.7. The topological polar surface area (TPSA) is 84.0 Å². The van der Waals surface area contributed by atoms with Crippen LogP contribution in [0, 0.1) is 0 Å². The third kappa shape index (κ3) is 3.73. The predicted octanol–water partition coefficient (Wildman–Crippen LogP) is 1.96.